The Balaban J connectivity index is 1.53. The van der Waals surface area contributed by atoms with E-state index in [1.54, 1.807) is 0 Å². The molecule has 4 saturated carbocycles. The minimum absolute atomic E-state index is 0.0859. The van der Waals surface area contributed by atoms with Crippen LogP contribution < -0.4 is 4.72 Å². The third-order valence-electron chi connectivity index (χ3n) is 6.69. The highest BCUT2D eigenvalue weighted by atomic mass is 32.2. The Morgan fingerprint density at radius 3 is 2.00 bits per heavy atom. The minimum atomic E-state index is -3.67. The van der Waals surface area contributed by atoms with E-state index in [-0.39, 0.29) is 22.0 Å². The monoisotopic (exact) mass is 364 g/mol. The van der Waals surface area contributed by atoms with Crippen molar-refractivity contribution in [3.63, 3.8) is 0 Å². The van der Waals surface area contributed by atoms with E-state index in [2.05, 4.69) is 4.72 Å². The molecule has 1 aromatic rings. The average molecular weight is 364 g/mol. The van der Waals surface area contributed by atoms with E-state index in [0.29, 0.717) is 0 Å². The summed E-state index contributed by atoms with van der Waals surface area (Å²) in [5.74, 6) is 2.28. The Kier molecular flexibility index (Phi) is 3.92. The molecule has 4 aliphatic rings. The van der Waals surface area contributed by atoms with E-state index in [0.717, 1.165) is 37.0 Å². The lowest BCUT2D eigenvalue weighted by Gasteiger charge is -2.59. The molecule has 136 valence electrons. The molecule has 0 amide bonds. The molecule has 0 radical (unpaired) electrons. The van der Waals surface area contributed by atoms with Gasteiger partial charge in [-0.3, -0.25) is 10.1 Å². The zero-order valence-electron chi connectivity index (χ0n) is 14.3. The summed E-state index contributed by atoms with van der Waals surface area (Å²) < 4.78 is 28.4. The molecule has 1 aromatic carbocycles. The van der Waals surface area contributed by atoms with Gasteiger partial charge < -0.3 is 0 Å². The van der Waals surface area contributed by atoms with Crippen molar-refractivity contribution in [2.24, 2.45) is 23.2 Å². The molecule has 0 heterocycles. The predicted octanol–water partition coefficient (Wildman–Crippen LogP) is 3.48. The van der Waals surface area contributed by atoms with Gasteiger partial charge in [-0.15, -0.1) is 0 Å². The number of nitro benzene ring substituents is 1. The van der Waals surface area contributed by atoms with Crippen molar-refractivity contribution in [2.45, 2.75) is 56.4 Å². The molecule has 4 bridgehead atoms. The van der Waals surface area contributed by atoms with Gasteiger partial charge in [-0.1, -0.05) is 0 Å². The molecule has 4 aliphatic carbocycles. The Morgan fingerprint density at radius 1 is 1.08 bits per heavy atom. The summed E-state index contributed by atoms with van der Waals surface area (Å²) >= 11 is 0. The number of nitro groups is 1. The van der Waals surface area contributed by atoms with Gasteiger partial charge in [-0.2, -0.15) is 0 Å². The van der Waals surface area contributed by atoms with Gasteiger partial charge in [0.2, 0.25) is 10.0 Å². The number of nitrogens with one attached hydrogen (secondary N) is 1. The number of rotatable bonds is 5. The largest absolute Gasteiger partial charge is 0.269 e. The molecule has 5 rings (SSSR count). The highest BCUT2D eigenvalue weighted by Crippen LogP contribution is 2.61. The fraction of sp³-hybridized carbons (Fsp3) is 0.667. The van der Waals surface area contributed by atoms with E-state index in [9.17, 15) is 18.5 Å². The summed E-state index contributed by atoms with van der Waals surface area (Å²) in [6, 6.07) is 4.99. The number of hydrogen-bond acceptors (Lipinski definition) is 4. The molecule has 1 atom stereocenters. The van der Waals surface area contributed by atoms with Gasteiger partial charge in [0.15, 0.2) is 0 Å². The highest BCUT2D eigenvalue weighted by molar-refractivity contribution is 7.89. The molecule has 0 spiro atoms. The number of hydrogen-bond donors (Lipinski definition) is 1. The molecule has 1 N–H and O–H groups in total. The molecule has 6 nitrogen and oxygen atoms in total. The molecule has 0 saturated heterocycles. The minimum Gasteiger partial charge on any atom is -0.258 e. The molecule has 0 aliphatic heterocycles. The van der Waals surface area contributed by atoms with Crippen molar-refractivity contribution in [3.8, 4) is 0 Å². The van der Waals surface area contributed by atoms with E-state index in [1.807, 2.05) is 6.92 Å². The first-order valence-corrected chi connectivity index (χ1v) is 10.5. The summed E-state index contributed by atoms with van der Waals surface area (Å²) in [6.45, 7) is 2.00. The first-order chi connectivity index (χ1) is 11.8. The molecule has 25 heavy (non-hydrogen) atoms. The predicted molar refractivity (Wildman–Crippen MR) is 93.5 cm³/mol. The third kappa shape index (κ3) is 2.97. The number of sulfonamides is 1. The van der Waals surface area contributed by atoms with E-state index >= 15 is 0 Å². The maximum atomic E-state index is 12.7. The standard InChI is InChI=1S/C18H24N2O4S/c1-12(18-9-13-6-14(10-18)8-15(7-13)11-18)19-25(23,24)17-4-2-16(3-5-17)20(21)22/h2-5,12-15,19H,6-11H2,1H3/t12-,13?,14?,15?,18?/m1/s1. The number of non-ortho nitro benzene ring substituents is 1. The summed E-state index contributed by atoms with van der Waals surface area (Å²) in [5, 5.41) is 10.7. The van der Waals surface area contributed by atoms with Gasteiger partial charge in [0.25, 0.3) is 5.69 Å². The van der Waals surface area contributed by atoms with E-state index in [4.69, 9.17) is 0 Å². The van der Waals surface area contributed by atoms with Crippen molar-refractivity contribution in [2.75, 3.05) is 0 Å². The Labute approximate surface area is 148 Å². The molecular formula is C18H24N2O4S. The molecule has 0 aromatic heterocycles. The maximum Gasteiger partial charge on any atom is 0.269 e. The summed E-state index contributed by atoms with van der Waals surface area (Å²) in [7, 11) is -3.67. The van der Waals surface area contributed by atoms with Crippen LogP contribution in [-0.2, 0) is 10.0 Å². The SMILES string of the molecule is C[C@@H](NS(=O)(=O)c1ccc([N+](=O)[O-])cc1)C12CC3CC(CC(C3)C1)C2. The zero-order chi connectivity index (χ0) is 17.8. The van der Waals surface area contributed by atoms with Crippen molar-refractivity contribution in [1.82, 2.24) is 4.72 Å². The van der Waals surface area contributed by atoms with Crippen molar-refractivity contribution in [1.29, 1.82) is 0 Å². The molecular weight excluding hydrogens is 340 g/mol. The maximum absolute atomic E-state index is 12.7. The Bertz CT molecular complexity index is 753. The first-order valence-electron chi connectivity index (χ1n) is 9.04. The van der Waals surface area contributed by atoms with E-state index in [1.165, 1.54) is 43.5 Å². The second-order valence-corrected chi connectivity index (χ2v) is 10.1. The van der Waals surface area contributed by atoms with Gasteiger partial charge in [0.05, 0.1) is 9.82 Å². The zero-order valence-corrected chi connectivity index (χ0v) is 15.2. The van der Waals surface area contributed by atoms with E-state index < -0.39 is 14.9 Å². The lowest BCUT2D eigenvalue weighted by Crippen LogP contribution is -2.55. The van der Waals surface area contributed by atoms with Crippen LogP contribution in [0.2, 0.25) is 0 Å². The lowest BCUT2D eigenvalue weighted by atomic mass is 9.48. The van der Waals surface area contributed by atoms with Gasteiger partial charge in [-0.05, 0) is 80.8 Å². The van der Waals surface area contributed by atoms with Crippen LogP contribution in [0, 0.1) is 33.3 Å². The second-order valence-electron chi connectivity index (χ2n) is 8.37. The van der Waals surface area contributed by atoms with Crippen LogP contribution in [0.25, 0.3) is 0 Å². The van der Waals surface area contributed by atoms with Crippen LogP contribution in [0.4, 0.5) is 5.69 Å². The fourth-order valence-electron chi connectivity index (χ4n) is 5.88. The van der Waals surface area contributed by atoms with Crippen LogP contribution in [0.1, 0.15) is 45.4 Å². The van der Waals surface area contributed by atoms with Crippen LogP contribution in [-0.4, -0.2) is 19.4 Å². The first kappa shape index (κ1) is 17.0. The number of benzene rings is 1. The van der Waals surface area contributed by atoms with Gasteiger partial charge in [0.1, 0.15) is 0 Å². The molecule has 0 unspecified atom stereocenters. The highest BCUT2D eigenvalue weighted by Gasteiger charge is 2.53. The van der Waals surface area contributed by atoms with Crippen LogP contribution in [0.15, 0.2) is 29.2 Å². The quantitative estimate of drug-likeness (QED) is 0.640. The van der Waals surface area contributed by atoms with Gasteiger partial charge >= 0.3 is 0 Å². The number of nitrogens with zero attached hydrogens (tertiary/aromatic N) is 1. The molecule has 4 fully saturated rings. The van der Waals surface area contributed by atoms with Crippen molar-refractivity contribution < 1.29 is 13.3 Å². The Hall–Kier alpha value is -1.47. The van der Waals surface area contributed by atoms with Gasteiger partial charge in [0, 0.05) is 18.2 Å². The lowest BCUT2D eigenvalue weighted by molar-refractivity contribution is -0.384. The topological polar surface area (TPSA) is 89.3 Å². The summed E-state index contributed by atoms with van der Waals surface area (Å²) in [5.41, 5.74) is -0.0177. The van der Waals surface area contributed by atoms with Crippen LogP contribution in [0.3, 0.4) is 0 Å². The molecule has 7 heteroatoms. The van der Waals surface area contributed by atoms with Gasteiger partial charge in [-0.25, -0.2) is 13.1 Å². The van der Waals surface area contributed by atoms with Crippen molar-refractivity contribution in [3.05, 3.63) is 34.4 Å². The van der Waals surface area contributed by atoms with Crippen LogP contribution in [0.5, 0.6) is 0 Å². The van der Waals surface area contributed by atoms with Crippen molar-refractivity contribution >= 4 is 15.7 Å². The summed E-state index contributed by atoms with van der Waals surface area (Å²) in [6.07, 6.45) is 7.35. The average Bonchev–Trinajstić information content (AvgIpc) is 2.53. The second kappa shape index (κ2) is 5.77. The Morgan fingerprint density at radius 2 is 1.56 bits per heavy atom. The third-order valence-corrected chi connectivity index (χ3v) is 8.25. The smallest absolute Gasteiger partial charge is 0.258 e. The van der Waals surface area contributed by atoms with Crippen LogP contribution >= 0.6 is 0 Å². The fourth-order valence-corrected chi connectivity index (χ4v) is 7.23. The normalized spacial score (nSPS) is 34.8. The summed E-state index contributed by atoms with van der Waals surface area (Å²) in [4.78, 5) is 10.3.